The van der Waals surface area contributed by atoms with Crippen molar-refractivity contribution in [2.24, 2.45) is 23.7 Å². The van der Waals surface area contributed by atoms with E-state index in [1.807, 2.05) is 4.90 Å². The van der Waals surface area contributed by atoms with Crippen LogP contribution in [0.25, 0.3) is 0 Å². The molecular weight excluding hydrogens is 292 g/mol. The zero-order valence-corrected chi connectivity index (χ0v) is 14.4. The minimum Gasteiger partial charge on any atom is -0.481 e. The molecule has 5 nitrogen and oxygen atoms in total. The molecular formula is C18H28N2O3. The first-order valence-corrected chi connectivity index (χ1v) is 8.86. The van der Waals surface area contributed by atoms with Gasteiger partial charge in [0.15, 0.2) is 0 Å². The van der Waals surface area contributed by atoms with Gasteiger partial charge in [-0.1, -0.05) is 18.1 Å². The molecule has 1 saturated heterocycles. The molecule has 3 aliphatic rings. The highest BCUT2D eigenvalue weighted by Crippen LogP contribution is 2.57. The molecule has 0 aromatic rings. The van der Waals surface area contributed by atoms with E-state index in [4.69, 9.17) is 0 Å². The van der Waals surface area contributed by atoms with Crippen LogP contribution in [-0.2, 0) is 9.59 Å². The van der Waals surface area contributed by atoms with Gasteiger partial charge >= 0.3 is 5.97 Å². The maximum Gasteiger partial charge on any atom is 0.307 e. The summed E-state index contributed by atoms with van der Waals surface area (Å²) in [6.45, 7) is 10.5. The van der Waals surface area contributed by atoms with E-state index >= 15 is 0 Å². The number of likely N-dealkylation sites (N-methyl/N-ethyl adjacent to an activating group) is 1. The van der Waals surface area contributed by atoms with Crippen molar-refractivity contribution < 1.29 is 14.7 Å². The monoisotopic (exact) mass is 320 g/mol. The largest absolute Gasteiger partial charge is 0.481 e. The average molecular weight is 320 g/mol. The summed E-state index contributed by atoms with van der Waals surface area (Å²) in [5.41, 5.74) is 2.48. The van der Waals surface area contributed by atoms with Gasteiger partial charge in [-0.3, -0.25) is 9.59 Å². The van der Waals surface area contributed by atoms with E-state index in [-0.39, 0.29) is 23.7 Å². The van der Waals surface area contributed by atoms with Gasteiger partial charge in [0.2, 0.25) is 5.91 Å². The molecule has 0 spiro atoms. The molecule has 128 valence electrons. The number of allylic oxidation sites excluding steroid dienone is 2. The number of fused-ring (bicyclic) bond motifs is 2. The number of carbonyl (C=O) groups excluding carboxylic acids is 1. The molecule has 3 rings (SSSR count). The van der Waals surface area contributed by atoms with E-state index in [0.29, 0.717) is 0 Å². The van der Waals surface area contributed by atoms with Gasteiger partial charge < -0.3 is 14.9 Å². The van der Waals surface area contributed by atoms with Gasteiger partial charge in [-0.25, -0.2) is 0 Å². The lowest BCUT2D eigenvalue weighted by molar-refractivity contribution is -0.153. The predicted octanol–water partition coefficient (Wildman–Crippen LogP) is 1.84. The molecule has 2 aliphatic carbocycles. The smallest absolute Gasteiger partial charge is 0.307 e. The first kappa shape index (κ1) is 16.5. The molecule has 4 atom stereocenters. The van der Waals surface area contributed by atoms with Crippen molar-refractivity contribution in [2.75, 3.05) is 32.7 Å². The highest BCUT2D eigenvalue weighted by atomic mass is 16.4. The summed E-state index contributed by atoms with van der Waals surface area (Å²) in [4.78, 5) is 29.2. The molecule has 1 amide bonds. The van der Waals surface area contributed by atoms with E-state index in [1.54, 1.807) is 0 Å². The fourth-order valence-electron chi connectivity index (χ4n) is 5.08. The Balaban J connectivity index is 1.82. The third kappa shape index (κ3) is 2.69. The Morgan fingerprint density at radius 1 is 1.04 bits per heavy atom. The van der Waals surface area contributed by atoms with Crippen LogP contribution in [0.1, 0.15) is 33.6 Å². The van der Waals surface area contributed by atoms with E-state index in [1.165, 1.54) is 11.1 Å². The number of hydrogen-bond donors (Lipinski definition) is 1. The predicted molar refractivity (Wildman–Crippen MR) is 87.9 cm³/mol. The molecule has 2 saturated carbocycles. The Labute approximate surface area is 138 Å². The van der Waals surface area contributed by atoms with E-state index < -0.39 is 11.9 Å². The van der Waals surface area contributed by atoms with E-state index in [2.05, 4.69) is 25.7 Å². The SMILES string of the molecule is CCN1CCN(C(=O)[C@@H]2[C@@H](C(=O)O)[C@@H]3CC[C@@H]2C3=C(C)C)CC1. The zero-order valence-electron chi connectivity index (χ0n) is 14.4. The maximum atomic E-state index is 13.1. The lowest BCUT2D eigenvalue weighted by Gasteiger charge is -2.37. The van der Waals surface area contributed by atoms with Crippen LogP contribution >= 0.6 is 0 Å². The zero-order chi connectivity index (χ0) is 16.7. The molecule has 0 aromatic heterocycles. The van der Waals surface area contributed by atoms with Gasteiger partial charge in [-0.2, -0.15) is 0 Å². The minimum atomic E-state index is -0.790. The highest BCUT2D eigenvalue weighted by Gasteiger charge is 2.57. The Hall–Kier alpha value is -1.36. The number of rotatable bonds is 3. The molecule has 1 heterocycles. The molecule has 0 aromatic carbocycles. The van der Waals surface area contributed by atoms with Gasteiger partial charge in [0, 0.05) is 26.2 Å². The Morgan fingerprint density at radius 2 is 1.61 bits per heavy atom. The summed E-state index contributed by atoms with van der Waals surface area (Å²) in [6, 6.07) is 0. The Morgan fingerprint density at radius 3 is 2.09 bits per heavy atom. The molecule has 5 heteroatoms. The molecule has 23 heavy (non-hydrogen) atoms. The van der Waals surface area contributed by atoms with Crippen molar-refractivity contribution in [3.8, 4) is 0 Å². The van der Waals surface area contributed by atoms with Crippen LogP contribution < -0.4 is 0 Å². The third-order valence-corrected chi connectivity index (χ3v) is 6.12. The fourth-order valence-corrected chi connectivity index (χ4v) is 5.08. The van der Waals surface area contributed by atoms with Gasteiger partial charge in [0.25, 0.3) is 0 Å². The van der Waals surface area contributed by atoms with Gasteiger partial charge in [0.05, 0.1) is 11.8 Å². The number of amides is 1. The second-order valence-electron chi connectivity index (χ2n) is 7.40. The molecule has 1 N–H and O–H groups in total. The van der Waals surface area contributed by atoms with Crippen molar-refractivity contribution in [1.82, 2.24) is 9.80 Å². The third-order valence-electron chi connectivity index (χ3n) is 6.12. The summed E-state index contributed by atoms with van der Waals surface area (Å²) in [6.07, 6.45) is 1.90. The lowest BCUT2D eigenvalue weighted by Crippen LogP contribution is -2.52. The van der Waals surface area contributed by atoms with Crippen molar-refractivity contribution in [3.63, 3.8) is 0 Å². The Kier molecular flexibility index (Phi) is 4.50. The topological polar surface area (TPSA) is 60.9 Å². The van der Waals surface area contributed by atoms with Crippen LogP contribution in [0.2, 0.25) is 0 Å². The van der Waals surface area contributed by atoms with Gasteiger partial charge in [-0.05, 0) is 45.1 Å². The van der Waals surface area contributed by atoms with Crippen LogP contribution in [0.3, 0.4) is 0 Å². The van der Waals surface area contributed by atoms with Crippen LogP contribution in [0.5, 0.6) is 0 Å². The van der Waals surface area contributed by atoms with Crippen molar-refractivity contribution >= 4 is 11.9 Å². The summed E-state index contributed by atoms with van der Waals surface area (Å²) in [5, 5.41) is 9.73. The summed E-state index contributed by atoms with van der Waals surface area (Å²) >= 11 is 0. The quantitative estimate of drug-likeness (QED) is 0.806. The second-order valence-corrected chi connectivity index (χ2v) is 7.40. The molecule has 1 aliphatic heterocycles. The number of piperazine rings is 1. The lowest BCUT2D eigenvalue weighted by atomic mass is 9.78. The number of carboxylic acid groups (broad SMARTS) is 1. The van der Waals surface area contributed by atoms with Crippen LogP contribution in [0, 0.1) is 23.7 Å². The standard InChI is InChI=1S/C18H28N2O3/c1-4-19-7-9-20(10-8-19)17(21)15-12-5-6-13(14(12)11(2)3)16(15)18(22)23/h12-13,15-16H,4-10H2,1-3H3,(H,22,23)/t12-,13-,15+,16+/m1/s1. The van der Waals surface area contributed by atoms with Crippen LogP contribution in [0.15, 0.2) is 11.1 Å². The van der Waals surface area contributed by atoms with Gasteiger partial charge in [0.1, 0.15) is 0 Å². The Bertz CT molecular complexity index is 530. The van der Waals surface area contributed by atoms with Crippen LogP contribution in [0.4, 0.5) is 0 Å². The first-order valence-electron chi connectivity index (χ1n) is 8.86. The highest BCUT2D eigenvalue weighted by molar-refractivity contribution is 5.87. The van der Waals surface area contributed by atoms with Crippen molar-refractivity contribution in [2.45, 2.75) is 33.6 Å². The average Bonchev–Trinajstić information content (AvgIpc) is 3.10. The number of aliphatic carboxylic acids is 1. The van der Waals surface area contributed by atoms with E-state index in [9.17, 15) is 14.7 Å². The van der Waals surface area contributed by atoms with Crippen molar-refractivity contribution in [3.05, 3.63) is 11.1 Å². The number of carbonyl (C=O) groups is 2. The van der Waals surface area contributed by atoms with Gasteiger partial charge in [-0.15, -0.1) is 0 Å². The first-order chi connectivity index (χ1) is 11.0. The van der Waals surface area contributed by atoms with E-state index in [0.717, 1.165) is 45.6 Å². The molecule has 0 radical (unpaired) electrons. The minimum absolute atomic E-state index is 0.0772. The molecule has 3 fully saturated rings. The molecule has 2 bridgehead atoms. The normalized spacial score (nSPS) is 34.0. The fraction of sp³-hybridized carbons (Fsp3) is 0.778. The molecule has 0 unspecified atom stereocenters. The number of nitrogens with zero attached hydrogens (tertiary/aromatic N) is 2. The van der Waals surface area contributed by atoms with Crippen LogP contribution in [-0.4, -0.2) is 59.5 Å². The summed E-state index contributed by atoms with van der Waals surface area (Å²) in [5.74, 6) is -1.34. The second kappa shape index (κ2) is 6.27. The van der Waals surface area contributed by atoms with Crippen molar-refractivity contribution in [1.29, 1.82) is 0 Å². The number of hydrogen-bond acceptors (Lipinski definition) is 3. The number of carboxylic acids is 1. The summed E-state index contributed by atoms with van der Waals surface area (Å²) in [7, 11) is 0. The summed E-state index contributed by atoms with van der Waals surface area (Å²) < 4.78 is 0. The maximum absolute atomic E-state index is 13.1.